The van der Waals surface area contributed by atoms with Gasteiger partial charge in [0.2, 0.25) is 0 Å². The number of fused-ring (bicyclic) bond motifs is 1. The number of rotatable bonds is 4. The molecule has 3 aromatic rings. The average Bonchev–Trinajstić information content (AvgIpc) is 3.08. The molecule has 2 aromatic heterocycles. The van der Waals surface area contributed by atoms with Crippen LogP contribution in [0.4, 0.5) is 5.69 Å². The first-order chi connectivity index (χ1) is 10.1. The fourth-order valence-electron chi connectivity index (χ4n) is 2.09. The largest absolute Gasteiger partial charge is 0.397 e. The number of anilines is 1. The van der Waals surface area contributed by atoms with E-state index in [1.54, 1.807) is 23.5 Å². The van der Waals surface area contributed by atoms with Gasteiger partial charge in [0.15, 0.2) is 0 Å². The van der Waals surface area contributed by atoms with Gasteiger partial charge in [0.05, 0.1) is 5.69 Å². The molecule has 0 aliphatic carbocycles. The van der Waals surface area contributed by atoms with E-state index in [1.165, 1.54) is 16.2 Å². The zero-order chi connectivity index (χ0) is 14.8. The molecule has 0 atom stereocenters. The van der Waals surface area contributed by atoms with E-state index in [2.05, 4.69) is 11.4 Å². The van der Waals surface area contributed by atoms with Crippen molar-refractivity contribution < 1.29 is 4.79 Å². The van der Waals surface area contributed by atoms with E-state index in [1.807, 2.05) is 17.5 Å². The van der Waals surface area contributed by atoms with Crippen LogP contribution < -0.4 is 11.1 Å². The number of halogens is 1. The van der Waals surface area contributed by atoms with Crippen LogP contribution in [0.1, 0.15) is 14.5 Å². The van der Waals surface area contributed by atoms with Crippen LogP contribution in [0, 0.1) is 0 Å². The summed E-state index contributed by atoms with van der Waals surface area (Å²) in [6, 6.07) is 9.56. The summed E-state index contributed by atoms with van der Waals surface area (Å²) < 4.78 is 0.973. The Labute approximate surface area is 135 Å². The summed E-state index contributed by atoms with van der Waals surface area (Å²) in [4.78, 5) is 14.0. The molecule has 108 valence electrons. The predicted molar refractivity (Wildman–Crippen MR) is 91.6 cm³/mol. The molecule has 1 aromatic carbocycles. The molecule has 0 aliphatic heterocycles. The second-order valence-corrected chi connectivity index (χ2v) is 7.09. The quantitative estimate of drug-likeness (QED) is 0.751. The van der Waals surface area contributed by atoms with E-state index < -0.39 is 0 Å². The number of nitrogens with two attached hydrogens (primary N) is 1. The van der Waals surface area contributed by atoms with Crippen molar-refractivity contribution in [3.63, 3.8) is 0 Å². The summed E-state index contributed by atoms with van der Waals surface area (Å²) in [5.74, 6) is -0.124. The summed E-state index contributed by atoms with van der Waals surface area (Å²) in [5, 5.41) is 6.42. The first kappa shape index (κ1) is 14.4. The lowest BCUT2D eigenvalue weighted by Crippen LogP contribution is -2.25. The van der Waals surface area contributed by atoms with Crippen molar-refractivity contribution >= 4 is 56.0 Å². The number of amides is 1. The first-order valence-electron chi connectivity index (χ1n) is 6.43. The van der Waals surface area contributed by atoms with Crippen molar-refractivity contribution in [2.75, 3.05) is 12.3 Å². The zero-order valence-corrected chi connectivity index (χ0v) is 13.4. The van der Waals surface area contributed by atoms with Crippen molar-refractivity contribution in [2.45, 2.75) is 6.42 Å². The summed E-state index contributed by atoms with van der Waals surface area (Å²) in [7, 11) is 0. The standard InChI is InChI=1S/C15H13ClN2OS2/c16-9-3-4-12-11(8-9)13(17)14(21-12)15(19)18-6-5-10-2-1-7-20-10/h1-4,7-8H,5-6,17H2,(H,18,19). The van der Waals surface area contributed by atoms with Gasteiger partial charge in [-0.15, -0.1) is 22.7 Å². The summed E-state index contributed by atoms with van der Waals surface area (Å²) in [6.45, 7) is 0.605. The van der Waals surface area contributed by atoms with Gasteiger partial charge < -0.3 is 11.1 Å². The van der Waals surface area contributed by atoms with E-state index in [9.17, 15) is 4.79 Å². The Hall–Kier alpha value is -1.56. The normalized spacial score (nSPS) is 10.9. The Balaban J connectivity index is 1.73. The molecule has 0 saturated carbocycles. The summed E-state index contributed by atoms with van der Waals surface area (Å²) in [6.07, 6.45) is 0.833. The van der Waals surface area contributed by atoms with Crippen molar-refractivity contribution in [1.82, 2.24) is 5.32 Å². The Kier molecular flexibility index (Phi) is 4.14. The highest BCUT2D eigenvalue weighted by atomic mass is 35.5. The molecule has 0 radical (unpaired) electrons. The van der Waals surface area contributed by atoms with Gasteiger partial charge in [-0.3, -0.25) is 4.79 Å². The molecular weight excluding hydrogens is 324 g/mol. The summed E-state index contributed by atoms with van der Waals surface area (Å²) in [5.41, 5.74) is 6.57. The fourth-order valence-corrected chi connectivity index (χ4v) is 3.99. The third-order valence-electron chi connectivity index (χ3n) is 3.13. The summed E-state index contributed by atoms with van der Waals surface area (Å²) >= 11 is 9.06. The van der Waals surface area contributed by atoms with Gasteiger partial charge in [-0.05, 0) is 36.1 Å². The minimum Gasteiger partial charge on any atom is -0.397 e. The molecule has 0 saturated heterocycles. The molecule has 0 unspecified atom stereocenters. The second-order valence-electron chi connectivity index (χ2n) is 4.57. The van der Waals surface area contributed by atoms with E-state index in [-0.39, 0.29) is 5.91 Å². The van der Waals surface area contributed by atoms with Crippen LogP contribution >= 0.6 is 34.3 Å². The third kappa shape index (κ3) is 3.05. The number of hydrogen-bond donors (Lipinski definition) is 2. The lowest BCUT2D eigenvalue weighted by atomic mass is 10.2. The van der Waals surface area contributed by atoms with Crippen LogP contribution in [0.3, 0.4) is 0 Å². The van der Waals surface area contributed by atoms with E-state index in [4.69, 9.17) is 17.3 Å². The van der Waals surface area contributed by atoms with Gasteiger partial charge in [0.25, 0.3) is 5.91 Å². The molecule has 1 amide bonds. The smallest absolute Gasteiger partial charge is 0.263 e. The van der Waals surface area contributed by atoms with Crippen molar-refractivity contribution in [1.29, 1.82) is 0 Å². The second kappa shape index (κ2) is 6.05. The predicted octanol–water partition coefficient (Wildman–Crippen LogP) is 4.17. The highest BCUT2D eigenvalue weighted by molar-refractivity contribution is 7.21. The maximum absolute atomic E-state index is 12.2. The minimum absolute atomic E-state index is 0.124. The highest BCUT2D eigenvalue weighted by Crippen LogP contribution is 2.35. The Morgan fingerprint density at radius 1 is 1.33 bits per heavy atom. The molecule has 6 heteroatoms. The topological polar surface area (TPSA) is 55.1 Å². The van der Waals surface area contributed by atoms with Crippen molar-refractivity contribution in [3.05, 3.63) is 50.5 Å². The van der Waals surface area contributed by atoms with Gasteiger partial charge in [-0.25, -0.2) is 0 Å². The Morgan fingerprint density at radius 2 is 2.19 bits per heavy atom. The van der Waals surface area contributed by atoms with Gasteiger partial charge in [0, 0.05) is 26.5 Å². The Morgan fingerprint density at radius 3 is 2.95 bits per heavy atom. The maximum atomic E-state index is 12.2. The van der Waals surface area contributed by atoms with Crippen LogP contribution in [0.25, 0.3) is 10.1 Å². The number of benzene rings is 1. The number of nitrogens with one attached hydrogen (secondary N) is 1. The maximum Gasteiger partial charge on any atom is 0.263 e. The van der Waals surface area contributed by atoms with Crippen LogP contribution in [-0.2, 0) is 6.42 Å². The molecule has 21 heavy (non-hydrogen) atoms. The lowest BCUT2D eigenvalue weighted by molar-refractivity contribution is 0.0959. The molecule has 3 N–H and O–H groups in total. The SMILES string of the molecule is Nc1c(C(=O)NCCc2cccs2)sc2ccc(Cl)cc12. The zero-order valence-electron chi connectivity index (χ0n) is 11.1. The van der Waals surface area contributed by atoms with E-state index >= 15 is 0 Å². The Bertz CT molecular complexity index is 780. The molecule has 3 nitrogen and oxygen atoms in total. The van der Waals surface area contributed by atoms with Crippen LogP contribution in [0.2, 0.25) is 5.02 Å². The van der Waals surface area contributed by atoms with E-state index in [0.29, 0.717) is 22.1 Å². The van der Waals surface area contributed by atoms with Gasteiger partial charge in [-0.2, -0.15) is 0 Å². The van der Waals surface area contributed by atoms with Crippen molar-refractivity contribution in [2.24, 2.45) is 0 Å². The number of carbonyl (C=O) groups is 1. The highest BCUT2D eigenvalue weighted by Gasteiger charge is 2.16. The molecule has 2 heterocycles. The molecular formula is C15H13ClN2OS2. The molecule has 0 spiro atoms. The number of thiophene rings is 2. The monoisotopic (exact) mass is 336 g/mol. The number of nitrogen functional groups attached to an aromatic ring is 1. The molecule has 0 bridgehead atoms. The van der Waals surface area contributed by atoms with Crippen LogP contribution in [0.5, 0.6) is 0 Å². The molecule has 3 rings (SSSR count). The molecule has 0 aliphatic rings. The van der Waals surface area contributed by atoms with Crippen LogP contribution in [0.15, 0.2) is 35.7 Å². The van der Waals surface area contributed by atoms with Gasteiger partial charge >= 0.3 is 0 Å². The first-order valence-corrected chi connectivity index (χ1v) is 8.50. The molecule has 0 fully saturated rings. The number of hydrogen-bond acceptors (Lipinski definition) is 4. The number of carbonyl (C=O) groups excluding carboxylic acids is 1. The van der Waals surface area contributed by atoms with Crippen molar-refractivity contribution in [3.8, 4) is 0 Å². The van der Waals surface area contributed by atoms with Gasteiger partial charge in [-0.1, -0.05) is 17.7 Å². The average molecular weight is 337 g/mol. The van der Waals surface area contributed by atoms with E-state index in [0.717, 1.165) is 16.5 Å². The van der Waals surface area contributed by atoms with Crippen LogP contribution in [-0.4, -0.2) is 12.5 Å². The lowest BCUT2D eigenvalue weighted by Gasteiger charge is -2.03. The fraction of sp³-hybridized carbons (Fsp3) is 0.133. The van der Waals surface area contributed by atoms with Gasteiger partial charge in [0.1, 0.15) is 4.88 Å². The minimum atomic E-state index is -0.124. The third-order valence-corrected chi connectivity index (χ3v) is 5.49.